The number of fused-ring (bicyclic) bond motifs is 1. The molecule has 0 bridgehead atoms. The van der Waals surface area contributed by atoms with Crippen LogP contribution in [0.15, 0.2) is 16.9 Å². The van der Waals surface area contributed by atoms with Crippen LogP contribution in [0.25, 0.3) is 5.78 Å². The fourth-order valence-electron chi connectivity index (χ4n) is 1.23. The highest BCUT2D eigenvalue weighted by atomic mass is 79.9. The number of aromatic nitrogens is 3. The number of hydrogen-bond acceptors (Lipinski definition) is 3. The highest BCUT2D eigenvalue weighted by Crippen LogP contribution is 2.17. The monoisotopic (exact) mass is 255 g/mol. The predicted octanol–water partition coefficient (Wildman–Crippen LogP) is 1.50. The van der Waals surface area contributed by atoms with Gasteiger partial charge in [-0.2, -0.15) is 0 Å². The van der Waals surface area contributed by atoms with Crippen LogP contribution in [0.2, 0.25) is 0 Å². The van der Waals surface area contributed by atoms with Gasteiger partial charge in [0.15, 0.2) is 5.69 Å². The molecule has 0 radical (unpaired) electrons. The molecule has 0 aromatic carbocycles. The quantitative estimate of drug-likeness (QED) is 0.839. The maximum atomic E-state index is 10.8. The average molecular weight is 256 g/mol. The SMILES string of the molecule is Cc1c(Br)cnc2ncc(C(=O)O)n12. The molecular weight excluding hydrogens is 250 g/mol. The second-order valence-electron chi connectivity index (χ2n) is 2.78. The third-order valence-electron chi connectivity index (χ3n) is 1.94. The minimum absolute atomic E-state index is 0.117. The van der Waals surface area contributed by atoms with E-state index in [1.54, 1.807) is 13.1 Å². The van der Waals surface area contributed by atoms with E-state index in [0.29, 0.717) is 5.78 Å². The molecule has 0 aliphatic carbocycles. The van der Waals surface area contributed by atoms with Crippen molar-refractivity contribution < 1.29 is 9.90 Å². The number of carboxylic acids is 1. The molecule has 5 nitrogen and oxygen atoms in total. The number of halogens is 1. The Morgan fingerprint density at radius 3 is 2.79 bits per heavy atom. The Kier molecular flexibility index (Phi) is 1.99. The van der Waals surface area contributed by atoms with Crippen LogP contribution in [0.5, 0.6) is 0 Å². The lowest BCUT2D eigenvalue weighted by Gasteiger charge is -2.02. The van der Waals surface area contributed by atoms with Crippen LogP contribution in [0.1, 0.15) is 16.2 Å². The standard InChI is InChI=1S/C8H6BrN3O2/c1-4-5(9)2-10-8-11-3-6(7(13)14)12(4)8/h2-3H,1H3,(H,13,14). The summed E-state index contributed by atoms with van der Waals surface area (Å²) >= 11 is 3.28. The molecule has 6 heteroatoms. The molecule has 0 saturated heterocycles. The van der Waals surface area contributed by atoms with Crippen molar-refractivity contribution in [3.05, 3.63) is 28.3 Å². The van der Waals surface area contributed by atoms with Crippen molar-refractivity contribution in [1.82, 2.24) is 14.4 Å². The van der Waals surface area contributed by atoms with Crippen molar-refractivity contribution in [1.29, 1.82) is 0 Å². The smallest absolute Gasteiger partial charge is 0.354 e. The van der Waals surface area contributed by atoms with Gasteiger partial charge in [-0.1, -0.05) is 0 Å². The van der Waals surface area contributed by atoms with E-state index in [4.69, 9.17) is 5.11 Å². The van der Waals surface area contributed by atoms with Gasteiger partial charge < -0.3 is 5.11 Å². The number of imidazole rings is 1. The molecular formula is C8H6BrN3O2. The van der Waals surface area contributed by atoms with Crippen molar-refractivity contribution in [2.45, 2.75) is 6.92 Å². The van der Waals surface area contributed by atoms with Gasteiger partial charge in [0.05, 0.1) is 10.7 Å². The Hall–Kier alpha value is -1.43. The maximum absolute atomic E-state index is 10.8. The lowest BCUT2D eigenvalue weighted by Crippen LogP contribution is -2.05. The molecule has 72 valence electrons. The summed E-state index contributed by atoms with van der Waals surface area (Å²) in [6, 6.07) is 0. The minimum atomic E-state index is -1.01. The molecule has 0 aliphatic rings. The van der Waals surface area contributed by atoms with Crippen molar-refractivity contribution in [3.8, 4) is 0 Å². The molecule has 2 aromatic rings. The summed E-state index contributed by atoms with van der Waals surface area (Å²) in [5.74, 6) is -0.622. The molecule has 2 heterocycles. The number of carbonyl (C=O) groups is 1. The van der Waals surface area contributed by atoms with Gasteiger partial charge in [-0.25, -0.2) is 14.8 Å². The number of nitrogens with zero attached hydrogens (tertiary/aromatic N) is 3. The van der Waals surface area contributed by atoms with Crippen molar-refractivity contribution in [2.24, 2.45) is 0 Å². The summed E-state index contributed by atoms with van der Waals surface area (Å²) in [6.07, 6.45) is 2.90. The van der Waals surface area contributed by atoms with E-state index in [1.807, 2.05) is 0 Å². The van der Waals surface area contributed by atoms with E-state index in [2.05, 4.69) is 25.9 Å². The normalized spacial score (nSPS) is 10.7. The highest BCUT2D eigenvalue weighted by molar-refractivity contribution is 9.10. The van der Waals surface area contributed by atoms with Crippen LogP contribution < -0.4 is 0 Å². The number of rotatable bonds is 1. The summed E-state index contributed by atoms with van der Waals surface area (Å²) in [5.41, 5.74) is 0.885. The third-order valence-corrected chi connectivity index (χ3v) is 2.72. The Balaban J connectivity index is 2.89. The molecule has 0 amide bonds. The van der Waals surface area contributed by atoms with Gasteiger partial charge in [0.1, 0.15) is 0 Å². The van der Waals surface area contributed by atoms with Gasteiger partial charge in [-0.15, -0.1) is 0 Å². The van der Waals surface area contributed by atoms with E-state index in [9.17, 15) is 4.79 Å². The number of hydrogen-bond donors (Lipinski definition) is 1. The van der Waals surface area contributed by atoms with E-state index >= 15 is 0 Å². The van der Waals surface area contributed by atoms with Crippen LogP contribution in [0.3, 0.4) is 0 Å². The summed E-state index contributed by atoms with van der Waals surface area (Å²) in [6.45, 7) is 1.80. The first kappa shape index (κ1) is 9.14. The lowest BCUT2D eigenvalue weighted by atomic mass is 10.4. The Bertz CT molecular complexity index is 521. The molecule has 0 spiro atoms. The van der Waals surface area contributed by atoms with E-state index < -0.39 is 5.97 Å². The highest BCUT2D eigenvalue weighted by Gasteiger charge is 2.13. The van der Waals surface area contributed by atoms with Gasteiger partial charge in [0, 0.05) is 11.9 Å². The number of carboxylic acid groups (broad SMARTS) is 1. The minimum Gasteiger partial charge on any atom is -0.477 e. The zero-order valence-corrected chi connectivity index (χ0v) is 8.82. The maximum Gasteiger partial charge on any atom is 0.354 e. The Morgan fingerprint density at radius 1 is 1.50 bits per heavy atom. The van der Waals surface area contributed by atoms with Crippen LogP contribution in [-0.4, -0.2) is 25.4 Å². The summed E-state index contributed by atoms with van der Waals surface area (Å²) in [7, 11) is 0. The Labute approximate surface area is 87.5 Å². The molecule has 14 heavy (non-hydrogen) atoms. The first-order chi connectivity index (χ1) is 6.61. The lowest BCUT2D eigenvalue weighted by molar-refractivity contribution is 0.0689. The van der Waals surface area contributed by atoms with Crippen LogP contribution >= 0.6 is 15.9 Å². The number of aryl methyl sites for hydroxylation is 1. The topological polar surface area (TPSA) is 67.5 Å². The van der Waals surface area contributed by atoms with Crippen LogP contribution in [0.4, 0.5) is 0 Å². The first-order valence-corrected chi connectivity index (χ1v) is 4.62. The summed E-state index contributed by atoms with van der Waals surface area (Å²) < 4.78 is 2.25. The van der Waals surface area contributed by atoms with E-state index in [0.717, 1.165) is 10.2 Å². The van der Waals surface area contributed by atoms with Crippen LogP contribution in [-0.2, 0) is 0 Å². The third kappa shape index (κ3) is 1.19. The Morgan fingerprint density at radius 2 is 2.14 bits per heavy atom. The predicted molar refractivity (Wildman–Crippen MR) is 52.4 cm³/mol. The van der Waals surface area contributed by atoms with Gasteiger partial charge in [-0.05, 0) is 22.9 Å². The fourth-order valence-corrected chi connectivity index (χ4v) is 1.51. The van der Waals surface area contributed by atoms with E-state index in [1.165, 1.54) is 10.6 Å². The first-order valence-electron chi connectivity index (χ1n) is 3.83. The largest absolute Gasteiger partial charge is 0.477 e. The van der Waals surface area contributed by atoms with Crippen molar-refractivity contribution >= 4 is 27.7 Å². The molecule has 0 unspecified atom stereocenters. The zero-order chi connectivity index (χ0) is 10.3. The second-order valence-corrected chi connectivity index (χ2v) is 3.63. The molecule has 2 aromatic heterocycles. The van der Waals surface area contributed by atoms with Crippen molar-refractivity contribution in [2.75, 3.05) is 0 Å². The zero-order valence-electron chi connectivity index (χ0n) is 7.23. The molecule has 1 N–H and O–H groups in total. The van der Waals surface area contributed by atoms with Gasteiger partial charge in [0.25, 0.3) is 0 Å². The van der Waals surface area contributed by atoms with E-state index in [-0.39, 0.29) is 5.69 Å². The second kappa shape index (κ2) is 3.06. The summed E-state index contributed by atoms with van der Waals surface area (Å²) in [5, 5.41) is 8.88. The van der Waals surface area contributed by atoms with Gasteiger partial charge in [0.2, 0.25) is 5.78 Å². The fraction of sp³-hybridized carbons (Fsp3) is 0.125. The molecule has 2 rings (SSSR count). The van der Waals surface area contributed by atoms with Crippen LogP contribution in [0, 0.1) is 6.92 Å². The average Bonchev–Trinajstić information content (AvgIpc) is 2.55. The molecule has 0 saturated carbocycles. The van der Waals surface area contributed by atoms with Crippen molar-refractivity contribution in [3.63, 3.8) is 0 Å². The molecule has 0 aliphatic heterocycles. The molecule has 0 fully saturated rings. The number of aromatic carboxylic acids is 1. The molecule has 0 atom stereocenters. The van der Waals surface area contributed by atoms with Gasteiger partial charge in [-0.3, -0.25) is 4.40 Å². The van der Waals surface area contributed by atoms with Gasteiger partial charge >= 0.3 is 5.97 Å². The summed E-state index contributed by atoms with van der Waals surface area (Å²) in [4.78, 5) is 18.7.